The van der Waals surface area contributed by atoms with Crippen LogP contribution < -0.4 is 10.2 Å². The first-order valence-electron chi connectivity index (χ1n) is 9.27. The van der Waals surface area contributed by atoms with Crippen molar-refractivity contribution in [3.63, 3.8) is 0 Å². The van der Waals surface area contributed by atoms with Crippen molar-refractivity contribution >= 4 is 11.6 Å². The van der Waals surface area contributed by atoms with Crippen LogP contribution in [0.1, 0.15) is 31.7 Å². The maximum absolute atomic E-state index is 4.66. The van der Waals surface area contributed by atoms with E-state index >= 15 is 0 Å². The van der Waals surface area contributed by atoms with E-state index in [0.29, 0.717) is 6.04 Å². The van der Waals surface area contributed by atoms with E-state index in [0.717, 1.165) is 56.6 Å². The minimum Gasteiger partial charge on any atom is -0.367 e. The van der Waals surface area contributed by atoms with Gasteiger partial charge in [-0.15, -0.1) is 0 Å². The molecular weight excluding hydrogens is 310 g/mol. The van der Waals surface area contributed by atoms with Crippen LogP contribution in [0.15, 0.2) is 36.4 Å². The van der Waals surface area contributed by atoms with E-state index in [-0.39, 0.29) is 0 Å². The molecule has 0 spiro atoms. The lowest BCUT2D eigenvalue weighted by atomic mass is 10.2. The second kappa shape index (κ2) is 8.30. The molecule has 0 bridgehead atoms. The van der Waals surface area contributed by atoms with Crippen LogP contribution in [0.5, 0.6) is 0 Å². The van der Waals surface area contributed by atoms with Crippen molar-refractivity contribution in [1.82, 2.24) is 14.9 Å². The standard InChI is InChI=1S/C20H29N5/c1-4-16(2)21-19-14-20(23-17(3)22-19)25-12-10-24(11-13-25)15-18-8-6-5-7-9-18/h5-9,14,16H,4,10-13,15H2,1-3H3,(H,21,22,23). The van der Waals surface area contributed by atoms with E-state index in [1.165, 1.54) is 5.56 Å². The maximum atomic E-state index is 4.66. The van der Waals surface area contributed by atoms with Crippen LogP contribution >= 0.6 is 0 Å². The molecule has 1 aliphatic rings. The number of rotatable bonds is 6. The van der Waals surface area contributed by atoms with Gasteiger partial charge in [0.05, 0.1) is 0 Å². The number of hydrogen-bond donors (Lipinski definition) is 1. The average Bonchev–Trinajstić information content (AvgIpc) is 2.62. The van der Waals surface area contributed by atoms with Crippen molar-refractivity contribution < 1.29 is 0 Å². The van der Waals surface area contributed by atoms with E-state index in [1.807, 2.05) is 6.92 Å². The molecule has 0 saturated carbocycles. The minimum absolute atomic E-state index is 0.421. The second-order valence-electron chi connectivity index (χ2n) is 6.86. The van der Waals surface area contributed by atoms with Gasteiger partial charge in [0.15, 0.2) is 0 Å². The van der Waals surface area contributed by atoms with Gasteiger partial charge in [0, 0.05) is 44.8 Å². The van der Waals surface area contributed by atoms with Gasteiger partial charge in [0.1, 0.15) is 17.5 Å². The van der Waals surface area contributed by atoms with Gasteiger partial charge in [-0.2, -0.15) is 0 Å². The van der Waals surface area contributed by atoms with Crippen molar-refractivity contribution in [3.8, 4) is 0 Å². The minimum atomic E-state index is 0.421. The van der Waals surface area contributed by atoms with E-state index in [1.54, 1.807) is 0 Å². The molecule has 5 heteroatoms. The molecule has 1 aromatic heterocycles. The normalized spacial score (nSPS) is 16.7. The Kier molecular flexibility index (Phi) is 5.87. The first-order valence-corrected chi connectivity index (χ1v) is 9.27. The van der Waals surface area contributed by atoms with Crippen LogP contribution in [0.2, 0.25) is 0 Å². The molecule has 0 radical (unpaired) electrons. The number of aromatic nitrogens is 2. The number of nitrogens with zero attached hydrogens (tertiary/aromatic N) is 4. The number of nitrogens with one attached hydrogen (secondary N) is 1. The number of aryl methyl sites for hydroxylation is 1. The predicted molar refractivity (Wildman–Crippen MR) is 104 cm³/mol. The van der Waals surface area contributed by atoms with E-state index < -0.39 is 0 Å². The van der Waals surface area contributed by atoms with Crippen LogP contribution in [-0.4, -0.2) is 47.1 Å². The zero-order valence-corrected chi connectivity index (χ0v) is 15.6. The first-order chi connectivity index (χ1) is 12.1. The topological polar surface area (TPSA) is 44.3 Å². The molecule has 134 valence electrons. The predicted octanol–water partition coefficient (Wildman–Crippen LogP) is 3.32. The van der Waals surface area contributed by atoms with Crippen LogP contribution in [0, 0.1) is 6.92 Å². The summed E-state index contributed by atoms with van der Waals surface area (Å²) in [5, 5.41) is 3.47. The highest BCUT2D eigenvalue weighted by Crippen LogP contribution is 2.19. The maximum Gasteiger partial charge on any atom is 0.134 e. The van der Waals surface area contributed by atoms with Gasteiger partial charge in [-0.25, -0.2) is 9.97 Å². The third-order valence-electron chi connectivity index (χ3n) is 4.78. The van der Waals surface area contributed by atoms with E-state index in [4.69, 9.17) is 0 Å². The summed E-state index contributed by atoms with van der Waals surface area (Å²) >= 11 is 0. The van der Waals surface area contributed by atoms with Crippen molar-refractivity contribution in [2.45, 2.75) is 39.8 Å². The van der Waals surface area contributed by atoms with Gasteiger partial charge >= 0.3 is 0 Å². The molecule has 1 aromatic carbocycles. The first kappa shape index (κ1) is 17.7. The van der Waals surface area contributed by atoms with Crippen LogP contribution in [0.3, 0.4) is 0 Å². The smallest absolute Gasteiger partial charge is 0.134 e. The molecule has 2 aromatic rings. The molecule has 1 atom stereocenters. The Balaban J connectivity index is 1.60. The third kappa shape index (κ3) is 4.92. The summed E-state index contributed by atoms with van der Waals surface area (Å²) in [5.41, 5.74) is 1.38. The Morgan fingerprint density at radius 3 is 2.48 bits per heavy atom. The highest BCUT2D eigenvalue weighted by molar-refractivity contribution is 5.50. The fourth-order valence-corrected chi connectivity index (χ4v) is 3.12. The summed E-state index contributed by atoms with van der Waals surface area (Å²) in [6.07, 6.45) is 1.08. The fraction of sp³-hybridized carbons (Fsp3) is 0.500. The third-order valence-corrected chi connectivity index (χ3v) is 4.78. The monoisotopic (exact) mass is 339 g/mol. The Morgan fingerprint density at radius 2 is 1.80 bits per heavy atom. The highest BCUT2D eigenvalue weighted by atomic mass is 15.3. The van der Waals surface area contributed by atoms with Gasteiger partial charge in [0.25, 0.3) is 0 Å². The molecule has 5 nitrogen and oxygen atoms in total. The number of benzene rings is 1. The van der Waals surface area contributed by atoms with Gasteiger partial charge < -0.3 is 10.2 Å². The molecule has 1 saturated heterocycles. The summed E-state index contributed by atoms with van der Waals surface area (Å²) in [5.74, 6) is 2.80. The second-order valence-corrected chi connectivity index (χ2v) is 6.86. The Hall–Kier alpha value is -2.14. The molecule has 1 fully saturated rings. The molecule has 1 N–H and O–H groups in total. The summed E-state index contributed by atoms with van der Waals surface area (Å²) in [7, 11) is 0. The van der Waals surface area contributed by atoms with Gasteiger partial charge in [0.2, 0.25) is 0 Å². The van der Waals surface area contributed by atoms with E-state index in [9.17, 15) is 0 Å². The lowest BCUT2D eigenvalue weighted by molar-refractivity contribution is 0.249. The summed E-state index contributed by atoms with van der Waals surface area (Å²) in [6.45, 7) is 11.5. The molecular formula is C20H29N5. The van der Waals surface area contributed by atoms with Crippen LogP contribution in [0.4, 0.5) is 11.6 Å². The number of hydrogen-bond acceptors (Lipinski definition) is 5. The highest BCUT2D eigenvalue weighted by Gasteiger charge is 2.19. The quantitative estimate of drug-likeness (QED) is 0.875. The van der Waals surface area contributed by atoms with Crippen molar-refractivity contribution in [2.75, 3.05) is 36.4 Å². The molecule has 1 unspecified atom stereocenters. The van der Waals surface area contributed by atoms with Gasteiger partial charge in [-0.1, -0.05) is 37.3 Å². The average molecular weight is 339 g/mol. The SMILES string of the molecule is CCC(C)Nc1cc(N2CCN(Cc3ccccc3)CC2)nc(C)n1. The molecule has 2 heterocycles. The molecule has 25 heavy (non-hydrogen) atoms. The lowest BCUT2D eigenvalue weighted by Gasteiger charge is -2.35. The number of piperazine rings is 1. The van der Waals surface area contributed by atoms with Gasteiger partial charge in [-0.05, 0) is 25.8 Å². The Bertz CT molecular complexity index is 665. The number of anilines is 2. The Morgan fingerprint density at radius 1 is 1.08 bits per heavy atom. The van der Waals surface area contributed by atoms with Crippen LogP contribution in [-0.2, 0) is 6.54 Å². The van der Waals surface area contributed by atoms with Gasteiger partial charge in [-0.3, -0.25) is 4.90 Å². The van der Waals surface area contributed by atoms with Crippen LogP contribution in [0.25, 0.3) is 0 Å². The summed E-state index contributed by atoms with van der Waals surface area (Å²) < 4.78 is 0. The molecule has 0 aliphatic carbocycles. The molecule has 1 aliphatic heterocycles. The zero-order valence-electron chi connectivity index (χ0n) is 15.6. The fourth-order valence-electron chi connectivity index (χ4n) is 3.12. The van der Waals surface area contributed by atoms with Crippen molar-refractivity contribution in [1.29, 1.82) is 0 Å². The summed E-state index contributed by atoms with van der Waals surface area (Å²) in [6, 6.07) is 13.2. The van der Waals surface area contributed by atoms with Crippen molar-refractivity contribution in [2.24, 2.45) is 0 Å². The lowest BCUT2D eigenvalue weighted by Crippen LogP contribution is -2.46. The molecule has 3 rings (SSSR count). The molecule has 0 amide bonds. The van der Waals surface area contributed by atoms with Crippen molar-refractivity contribution in [3.05, 3.63) is 47.8 Å². The Labute approximate surface area is 151 Å². The zero-order chi connectivity index (χ0) is 17.6. The largest absolute Gasteiger partial charge is 0.367 e. The summed E-state index contributed by atoms with van der Waals surface area (Å²) in [4.78, 5) is 14.1. The van der Waals surface area contributed by atoms with E-state index in [2.05, 4.69) is 75.3 Å².